The Bertz CT molecular complexity index is 331. The summed E-state index contributed by atoms with van der Waals surface area (Å²) in [4.78, 5) is 2.20. The Hall–Kier alpha value is -0.340. The molecule has 0 atom stereocenters. The fraction of sp³-hybridized carbons (Fsp3) is 0.571. The van der Waals surface area contributed by atoms with E-state index in [9.17, 15) is 0 Å². The minimum atomic E-state index is 0.330. The third-order valence-electron chi connectivity index (χ3n) is 2.53. The van der Waals surface area contributed by atoms with Crippen LogP contribution in [0.15, 0.2) is 24.3 Å². The first kappa shape index (κ1) is 13.7. The lowest BCUT2D eigenvalue weighted by atomic mass is 9.87. The number of hydrogen-bond donors (Lipinski definition) is 0. The number of alkyl halides is 1. The highest BCUT2D eigenvalue weighted by molar-refractivity contribution is 9.09. The molecule has 0 radical (unpaired) electrons. The molecule has 0 aliphatic rings. The van der Waals surface area contributed by atoms with Gasteiger partial charge in [-0.15, -0.1) is 0 Å². The SMILES string of the molecule is CN(C)Cc1cccc(CC(C)(C)CBr)c1. The molecule has 1 aromatic rings. The molecule has 0 saturated heterocycles. The van der Waals surface area contributed by atoms with Gasteiger partial charge in [0.1, 0.15) is 0 Å². The van der Waals surface area contributed by atoms with E-state index in [-0.39, 0.29) is 0 Å². The van der Waals surface area contributed by atoms with E-state index in [4.69, 9.17) is 0 Å². The molecule has 0 aliphatic heterocycles. The van der Waals surface area contributed by atoms with Crippen molar-refractivity contribution in [2.24, 2.45) is 5.41 Å². The molecule has 1 aromatic carbocycles. The average Bonchev–Trinajstić information content (AvgIpc) is 2.16. The molecule has 0 heterocycles. The molecule has 90 valence electrons. The van der Waals surface area contributed by atoms with Crippen molar-refractivity contribution in [3.8, 4) is 0 Å². The normalized spacial score (nSPS) is 12.1. The summed E-state index contributed by atoms with van der Waals surface area (Å²) < 4.78 is 0. The molecule has 0 aromatic heterocycles. The van der Waals surface area contributed by atoms with Gasteiger partial charge in [-0.2, -0.15) is 0 Å². The smallest absolute Gasteiger partial charge is 0.0227 e. The van der Waals surface area contributed by atoms with E-state index in [1.807, 2.05) is 0 Å². The van der Waals surface area contributed by atoms with Crippen molar-refractivity contribution in [1.82, 2.24) is 4.90 Å². The molecule has 0 aliphatic carbocycles. The highest BCUT2D eigenvalue weighted by Gasteiger charge is 2.16. The summed E-state index contributed by atoms with van der Waals surface area (Å²) in [5, 5.41) is 1.04. The van der Waals surface area contributed by atoms with E-state index < -0.39 is 0 Å². The maximum atomic E-state index is 3.58. The maximum absolute atomic E-state index is 3.58. The fourth-order valence-electron chi connectivity index (χ4n) is 1.80. The van der Waals surface area contributed by atoms with Gasteiger partial charge in [0.15, 0.2) is 0 Å². The van der Waals surface area contributed by atoms with Crippen LogP contribution in [-0.4, -0.2) is 24.3 Å². The standard InChI is InChI=1S/C14H22BrN/c1-14(2,11-15)9-12-6-5-7-13(8-12)10-16(3)4/h5-8H,9-11H2,1-4H3. The Morgan fingerprint density at radius 3 is 2.38 bits per heavy atom. The number of nitrogens with zero attached hydrogens (tertiary/aromatic N) is 1. The van der Waals surface area contributed by atoms with Crippen molar-refractivity contribution in [3.05, 3.63) is 35.4 Å². The summed E-state index contributed by atoms with van der Waals surface area (Å²) in [6.07, 6.45) is 1.12. The Morgan fingerprint density at radius 2 is 1.81 bits per heavy atom. The zero-order valence-electron chi connectivity index (χ0n) is 10.8. The summed E-state index contributed by atoms with van der Waals surface area (Å²) in [5.74, 6) is 0. The molecule has 1 nitrogen and oxygen atoms in total. The van der Waals surface area contributed by atoms with Crippen LogP contribution in [0.2, 0.25) is 0 Å². The largest absolute Gasteiger partial charge is 0.305 e. The Kier molecular flexibility index (Phi) is 5.00. The van der Waals surface area contributed by atoms with Crippen LogP contribution >= 0.6 is 15.9 Å². The monoisotopic (exact) mass is 283 g/mol. The third-order valence-corrected chi connectivity index (χ3v) is 4.05. The summed E-state index contributed by atoms with van der Waals surface area (Å²) in [6.45, 7) is 5.60. The van der Waals surface area contributed by atoms with E-state index >= 15 is 0 Å². The van der Waals surface area contributed by atoms with Gasteiger partial charge in [0.2, 0.25) is 0 Å². The topological polar surface area (TPSA) is 3.24 Å². The zero-order chi connectivity index (χ0) is 12.2. The van der Waals surface area contributed by atoms with E-state index in [1.54, 1.807) is 0 Å². The van der Waals surface area contributed by atoms with Crippen LogP contribution in [-0.2, 0) is 13.0 Å². The molecule has 0 saturated carbocycles. The van der Waals surface area contributed by atoms with Gasteiger partial charge in [-0.05, 0) is 37.1 Å². The lowest BCUT2D eigenvalue weighted by Crippen LogP contribution is -2.17. The number of rotatable bonds is 5. The summed E-state index contributed by atoms with van der Waals surface area (Å²) in [6, 6.07) is 8.91. The van der Waals surface area contributed by atoms with Crippen molar-refractivity contribution < 1.29 is 0 Å². The first-order valence-corrected chi connectivity index (χ1v) is 6.83. The summed E-state index contributed by atoms with van der Waals surface area (Å²) in [7, 11) is 4.21. The van der Waals surface area contributed by atoms with Crippen molar-refractivity contribution >= 4 is 15.9 Å². The van der Waals surface area contributed by atoms with Gasteiger partial charge in [-0.3, -0.25) is 0 Å². The highest BCUT2D eigenvalue weighted by Crippen LogP contribution is 2.24. The van der Waals surface area contributed by atoms with Gasteiger partial charge in [0.05, 0.1) is 0 Å². The molecular formula is C14H22BrN. The van der Waals surface area contributed by atoms with Crippen molar-refractivity contribution in [2.75, 3.05) is 19.4 Å². The van der Waals surface area contributed by atoms with Crippen molar-refractivity contribution in [2.45, 2.75) is 26.8 Å². The van der Waals surface area contributed by atoms with Crippen LogP contribution < -0.4 is 0 Å². The van der Waals surface area contributed by atoms with Crippen LogP contribution in [0, 0.1) is 5.41 Å². The second kappa shape index (κ2) is 5.83. The van der Waals surface area contributed by atoms with Crippen molar-refractivity contribution in [3.63, 3.8) is 0 Å². The molecule has 16 heavy (non-hydrogen) atoms. The zero-order valence-corrected chi connectivity index (χ0v) is 12.3. The number of halogens is 1. The first-order valence-electron chi connectivity index (χ1n) is 5.71. The summed E-state index contributed by atoms with van der Waals surface area (Å²) in [5.41, 5.74) is 3.16. The predicted molar refractivity (Wildman–Crippen MR) is 75.1 cm³/mol. The lowest BCUT2D eigenvalue weighted by Gasteiger charge is -2.22. The first-order chi connectivity index (χ1) is 7.43. The number of hydrogen-bond acceptors (Lipinski definition) is 1. The van der Waals surface area contributed by atoms with Crippen molar-refractivity contribution in [1.29, 1.82) is 0 Å². The third kappa shape index (κ3) is 4.67. The summed E-state index contributed by atoms with van der Waals surface area (Å²) >= 11 is 3.58. The van der Waals surface area contributed by atoms with Crippen LogP contribution in [0.1, 0.15) is 25.0 Å². The predicted octanol–water partition coefficient (Wildman–Crippen LogP) is 3.71. The van der Waals surface area contributed by atoms with E-state index in [1.165, 1.54) is 11.1 Å². The van der Waals surface area contributed by atoms with Crippen LogP contribution in [0.5, 0.6) is 0 Å². The molecule has 0 spiro atoms. The molecule has 1 rings (SSSR count). The average molecular weight is 284 g/mol. The lowest BCUT2D eigenvalue weighted by molar-refractivity contribution is 0.401. The molecule has 0 bridgehead atoms. The molecule has 2 heteroatoms. The van der Waals surface area contributed by atoms with E-state index in [0.29, 0.717) is 5.41 Å². The van der Waals surface area contributed by atoms with Gasteiger partial charge in [-0.25, -0.2) is 0 Å². The van der Waals surface area contributed by atoms with Crippen LogP contribution in [0.25, 0.3) is 0 Å². The van der Waals surface area contributed by atoms with Gasteiger partial charge in [0.25, 0.3) is 0 Å². The molecule has 0 unspecified atom stereocenters. The molecule has 0 amide bonds. The minimum Gasteiger partial charge on any atom is -0.305 e. The van der Waals surface area contributed by atoms with Gasteiger partial charge in [0, 0.05) is 11.9 Å². The second-order valence-corrected chi connectivity index (χ2v) is 6.09. The van der Waals surface area contributed by atoms with E-state index in [0.717, 1.165) is 18.3 Å². The molecular weight excluding hydrogens is 262 g/mol. The van der Waals surface area contributed by atoms with Crippen LogP contribution in [0.4, 0.5) is 0 Å². The van der Waals surface area contributed by atoms with Gasteiger partial charge < -0.3 is 4.90 Å². The Morgan fingerprint density at radius 1 is 1.19 bits per heavy atom. The molecule has 0 fully saturated rings. The Balaban J connectivity index is 2.74. The van der Waals surface area contributed by atoms with Gasteiger partial charge in [-0.1, -0.05) is 54.0 Å². The molecule has 0 N–H and O–H groups in total. The minimum absolute atomic E-state index is 0.330. The number of benzene rings is 1. The quantitative estimate of drug-likeness (QED) is 0.745. The Labute approximate surface area is 108 Å². The maximum Gasteiger partial charge on any atom is 0.0227 e. The highest BCUT2D eigenvalue weighted by atomic mass is 79.9. The van der Waals surface area contributed by atoms with Crippen LogP contribution in [0.3, 0.4) is 0 Å². The fourth-order valence-corrected chi connectivity index (χ4v) is 2.00. The van der Waals surface area contributed by atoms with E-state index in [2.05, 4.69) is 73.0 Å². The second-order valence-electron chi connectivity index (χ2n) is 5.53. The van der Waals surface area contributed by atoms with Gasteiger partial charge >= 0.3 is 0 Å².